The zero-order valence-electron chi connectivity index (χ0n) is 11.5. The number of carbonyl (C=O) groups is 2. The number of carbonyl (C=O) groups excluding carboxylic acids is 2. The van der Waals surface area contributed by atoms with E-state index in [1.54, 1.807) is 0 Å². The van der Waals surface area contributed by atoms with Crippen LogP contribution >= 0.6 is 0 Å². The lowest BCUT2D eigenvalue weighted by Gasteiger charge is -2.30. The Morgan fingerprint density at radius 1 is 1.28 bits per heavy atom. The van der Waals surface area contributed by atoms with Gasteiger partial charge in [-0.15, -0.1) is 0 Å². The standard InChI is InChI=1S/C14H22O3Si/c1-4-14(3,5-2)18-9-6-7-10-11(8-9)13(16)17-12(10)15/h6,10-11H,4-5,7-8,18H2,1-3H3. The zero-order valence-corrected chi connectivity index (χ0v) is 12.9. The van der Waals surface area contributed by atoms with Crippen molar-refractivity contribution in [3.63, 3.8) is 0 Å². The first-order valence-electron chi connectivity index (χ1n) is 6.92. The molecule has 1 fully saturated rings. The van der Waals surface area contributed by atoms with Crippen molar-refractivity contribution in [2.45, 2.75) is 51.5 Å². The maximum atomic E-state index is 11.6. The van der Waals surface area contributed by atoms with E-state index in [0.717, 1.165) is 6.42 Å². The van der Waals surface area contributed by atoms with E-state index in [0.29, 0.717) is 11.5 Å². The largest absolute Gasteiger partial charge is 0.393 e. The Bertz CT molecular complexity index is 396. The van der Waals surface area contributed by atoms with Crippen molar-refractivity contribution in [2.75, 3.05) is 0 Å². The number of rotatable bonds is 4. The van der Waals surface area contributed by atoms with Gasteiger partial charge >= 0.3 is 11.9 Å². The third kappa shape index (κ3) is 2.44. The normalized spacial score (nSPS) is 28.5. The van der Waals surface area contributed by atoms with Gasteiger partial charge in [-0.2, -0.15) is 0 Å². The number of cyclic esters (lactones) is 2. The molecule has 0 spiro atoms. The summed E-state index contributed by atoms with van der Waals surface area (Å²) in [6.07, 6.45) is 6.10. The predicted molar refractivity (Wildman–Crippen MR) is 72.9 cm³/mol. The smallest absolute Gasteiger partial charge is 0.317 e. The summed E-state index contributed by atoms with van der Waals surface area (Å²) in [5.41, 5.74) is 0. The molecule has 0 amide bonds. The first kappa shape index (κ1) is 13.5. The molecule has 0 aromatic rings. The molecule has 1 aliphatic heterocycles. The van der Waals surface area contributed by atoms with Crippen LogP contribution in [0.5, 0.6) is 0 Å². The van der Waals surface area contributed by atoms with Crippen LogP contribution in [0.2, 0.25) is 5.04 Å². The van der Waals surface area contributed by atoms with E-state index in [9.17, 15) is 9.59 Å². The molecule has 100 valence electrons. The molecule has 0 aromatic carbocycles. The highest BCUT2D eigenvalue weighted by Crippen LogP contribution is 2.40. The van der Waals surface area contributed by atoms with Crippen molar-refractivity contribution >= 4 is 21.5 Å². The quantitative estimate of drug-likeness (QED) is 0.445. The molecule has 1 saturated heterocycles. The van der Waals surface area contributed by atoms with Gasteiger partial charge in [0.25, 0.3) is 0 Å². The van der Waals surface area contributed by atoms with Gasteiger partial charge in [0.15, 0.2) is 0 Å². The monoisotopic (exact) mass is 266 g/mol. The van der Waals surface area contributed by atoms with Gasteiger partial charge < -0.3 is 4.74 Å². The summed E-state index contributed by atoms with van der Waals surface area (Å²) in [5, 5.41) is 1.92. The molecule has 2 rings (SSSR count). The molecular formula is C14H22O3Si. The fraction of sp³-hybridized carbons (Fsp3) is 0.714. The SMILES string of the molecule is CCC(C)(CC)[SiH2]C1=CCC2C(=O)OC(=O)C2C1. The van der Waals surface area contributed by atoms with Gasteiger partial charge in [-0.1, -0.05) is 44.9 Å². The van der Waals surface area contributed by atoms with Crippen LogP contribution in [-0.2, 0) is 14.3 Å². The highest BCUT2D eigenvalue weighted by molar-refractivity contribution is 6.49. The van der Waals surface area contributed by atoms with Gasteiger partial charge in [-0.3, -0.25) is 9.59 Å². The van der Waals surface area contributed by atoms with Crippen LogP contribution in [0.3, 0.4) is 0 Å². The molecule has 4 heteroatoms. The Hall–Kier alpha value is -0.903. The summed E-state index contributed by atoms with van der Waals surface area (Å²) in [4.78, 5) is 23.1. The third-order valence-corrected chi connectivity index (χ3v) is 7.68. The summed E-state index contributed by atoms with van der Waals surface area (Å²) >= 11 is 0. The maximum Gasteiger partial charge on any atom is 0.317 e. The van der Waals surface area contributed by atoms with Gasteiger partial charge in [-0.25, -0.2) is 0 Å². The molecule has 0 saturated carbocycles. The van der Waals surface area contributed by atoms with Crippen LogP contribution in [0.4, 0.5) is 0 Å². The zero-order chi connectivity index (χ0) is 13.3. The van der Waals surface area contributed by atoms with E-state index in [1.165, 1.54) is 18.0 Å². The molecule has 3 nitrogen and oxygen atoms in total. The molecule has 2 aliphatic rings. The Kier molecular flexibility index (Phi) is 3.75. The average molecular weight is 266 g/mol. The van der Waals surface area contributed by atoms with E-state index in [1.807, 2.05) is 0 Å². The number of hydrogen-bond donors (Lipinski definition) is 0. The van der Waals surface area contributed by atoms with Gasteiger partial charge in [0.05, 0.1) is 21.4 Å². The molecular weight excluding hydrogens is 244 g/mol. The second-order valence-electron chi connectivity index (χ2n) is 5.95. The third-order valence-electron chi connectivity index (χ3n) is 4.80. The molecule has 1 heterocycles. The number of hydrogen-bond acceptors (Lipinski definition) is 3. The number of fused-ring (bicyclic) bond motifs is 1. The molecule has 18 heavy (non-hydrogen) atoms. The second kappa shape index (κ2) is 5.00. The lowest BCUT2D eigenvalue weighted by atomic mass is 9.85. The first-order chi connectivity index (χ1) is 8.49. The highest BCUT2D eigenvalue weighted by atomic mass is 28.2. The van der Waals surface area contributed by atoms with Crippen LogP contribution < -0.4 is 0 Å². The van der Waals surface area contributed by atoms with Crippen molar-refractivity contribution < 1.29 is 14.3 Å². The van der Waals surface area contributed by atoms with Gasteiger partial charge in [0, 0.05) is 0 Å². The molecule has 1 aliphatic carbocycles. The van der Waals surface area contributed by atoms with Crippen LogP contribution in [0.15, 0.2) is 11.3 Å². The Morgan fingerprint density at radius 2 is 1.89 bits per heavy atom. The predicted octanol–water partition coefficient (Wildman–Crippen LogP) is 2.15. The number of ether oxygens (including phenoxy) is 1. The van der Waals surface area contributed by atoms with Crippen molar-refractivity contribution in [1.29, 1.82) is 0 Å². The van der Waals surface area contributed by atoms with E-state index in [-0.39, 0.29) is 33.3 Å². The van der Waals surface area contributed by atoms with Gasteiger partial charge in [-0.05, 0) is 17.9 Å². The maximum absolute atomic E-state index is 11.6. The van der Waals surface area contributed by atoms with Crippen molar-refractivity contribution in [3.05, 3.63) is 11.3 Å². The van der Waals surface area contributed by atoms with Gasteiger partial charge in [0.2, 0.25) is 0 Å². The molecule has 2 atom stereocenters. The highest BCUT2D eigenvalue weighted by Gasteiger charge is 2.45. The first-order valence-corrected chi connectivity index (χ1v) is 8.34. The molecule has 0 aromatic heterocycles. The van der Waals surface area contributed by atoms with Crippen molar-refractivity contribution in [1.82, 2.24) is 0 Å². The minimum absolute atomic E-state index is 0.178. The number of allylic oxidation sites excluding steroid dienone is 2. The Morgan fingerprint density at radius 3 is 2.50 bits per heavy atom. The summed E-state index contributed by atoms with van der Waals surface area (Å²) in [6.45, 7) is 6.84. The van der Waals surface area contributed by atoms with Gasteiger partial charge in [0.1, 0.15) is 0 Å². The van der Waals surface area contributed by atoms with E-state index in [4.69, 9.17) is 4.74 Å². The van der Waals surface area contributed by atoms with E-state index >= 15 is 0 Å². The lowest BCUT2D eigenvalue weighted by molar-refractivity contribution is -0.153. The van der Waals surface area contributed by atoms with Crippen LogP contribution in [0.1, 0.15) is 46.5 Å². The average Bonchev–Trinajstić information content (AvgIpc) is 2.65. The minimum Gasteiger partial charge on any atom is -0.393 e. The van der Waals surface area contributed by atoms with E-state index < -0.39 is 0 Å². The van der Waals surface area contributed by atoms with Crippen molar-refractivity contribution in [2.24, 2.45) is 11.8 Å². The fourth-order valence-electron chi connectivity index (χ4n) is 2.92. The number of esters is 2. The second-order valence-corrected chi connectivity index (χ2v) is 8.92. The van der Waals surface area contributed by atoms with E-state index in [2.05, 4.69) is 26.8 Å². The van der Waals surface area contributed by atoms with Crippen LogP contribution in [0.25, 0.3) is 0 Å². The summed E-state index contributed by atoms with van der Waals surface area (Å²) in [5.74, 6) is -0.970. The minimum atomic E-state index is -0.351. The summed E-state index contributed by atoms with van der Waals surface area (Å²) in [7, 11) is -0.351. The summed E-state index contributed by atoms with van der Waals surface area (Å²) < 4.78 is 4.74. The van der Waals surface area contributed by atoms with Crippen LogP contribution in [0, 0.1) is 11.8 Å². The molecule has 2 unspecified atom stereocenters. The van der Waals surface area contributed by atoms with Crippen LogP contribution in [-0.4, -0.2) is 21.5 Å². The Labute approximate surface area is 111 Å². The Balaban J connectivity index is 2.08. The molecule has 0 N–H and O–H groups in total. The fourth-order valence-corrected chi connectivity index (χ4v) is 5.28. The lowest BCUT2D eigenvalue weighted by Crippen LogP contribution is -2.26. The summed E-state index contributed by atoms with van der Waals surface area (Å²) in [6, 6.07) is 0. The molecule has 0 bridgehead atoms. The van der Waals surface area contributed by atoms with Crippen molar-refractivity contribution in [3.8, 4) is 0 Å². The topological polar surface area (TPSA) is 43.4 Å². The molecule has 0 radical (unpaired) electrons.